The lowest BCUT2D eigenvalue weighted by Gasteiger charge is -2.12. The van der Waals surface area contributed by atoms with Crippen LogP contribution in [0, 0.1) is 25.2 Å². The van der Waals surface area contributed by atoms with E-state index in [9.17, 15) is 5.26 Å². The molecule has 0 radical (unpaired) electrons. The molecule has 2 aromatic heterocycles. The van der Waals surface area contributed by atoms with E-state index in [1.54, 1.807) is 0 Å². The molecular weight excluding hydrogens is 320 g/mol. The summed E-state index contributed by atoms with van der Waals surface area (Å²) in [7, 11) is 0. The summed E-state index contributed by atoms with van der Waals surface area (Å²) in [5, 5.41) is 13.1. The van der Waals surface area contributed by atoms with Gasteiger partial charge in [0.25, 0.3) is 0 Å². The van der Waals surface area contributed by atoms with E-state index >= 15 is 0 Å². The van der Waals surface area contributed by atoms with Crippen LogP contribution in [0.1, 0.15) is 22.3 Å². The number of aromatic nitrogens is 2. The van der Waals surface area contributed by atoms with Crippen molar-refractivity contribution in [3.8, 4) is 6.07 Å². The van der Waals surface area contributed by atoms with Gasteiger partial charge in [0.05, 0.1) is 16.6 Å². The average molecular weight is 340 g/mol. The lowest BCUT2D eigenvalue weighted by atomic mass is 10.1. The fraction of sp³-hybridized carbons (Fsp3) is 0.182. The number of para-hydroxylation sites is 2. The Labute approximate surface area is 152 Å². The van der Waals surface area contributed by atoms with Crippen molar-refractivity contribution in [2.24, 2.45) is 0 Å². The Morgan fingerprint density at radius 3 is 2.73 bits per heavy atom. The molecule has 0 bridgehead atoms. The number of aryl methyl sites for hydroxylation is 2. The summed E-state index contributed by atoms with van der Waals surface area (Å²) in [6.45, 7) is 4.89. The average Bonchev–Trinajstić information content (AvgIpc) is 3.01. The summed E-state index contributed by atoms with van der Waals surface area (Å²) in [6, 6.07) is 20.9. The van der Waals surface area contributed by atoms with E-state index in [0.717, 1.165) is 35.4 Å². The third-order valence-electron chi connectivity index (χ3n) is 4.69. The summed E-state index contributed by atoms with van der Waals surface area (Å²) in [5.74, 6) is 0.970. The van der Waals surface area contributed by atoms with Gasteiger partial charge >= 0.3 is 0 Å². The summed E-state index contributed by atoms with van der Waals surface area (Å²) >= 11 is 0. The Hall–Kier alpha value is -3.32. The Balaban J connectivity index is 1.73. The summed E-state index contributed by atoms with van der Waals surface area (Å²) in [4.78, 5) is 4.69. The molecule has 4 rings (SSSR count). The van der Waals surface area contributed by atoms with Gasteiger partial charge in [-0.2, -0.15) is 5.26 Å². The number of rotatable bonds is 4. The molecule has 0 saturated heterocycles. The Bertz CT molecular complexity index is 1150. The van der Waals surface area contributed by atoms with Crippen molar-refractivity contribution in [2.45, 2.75) is 20.3 Å². The minimum Gasteiger partial charge on any atom is -0.371 e. The predicted molar refractivity (Wildman–Crippen MR) is 106 cm³/mol. The summed E-state index contributed by atoms with van der Waals surface area (Å²) in [5.41, 5.74) is 6.79. The number of hydrogen-bond donors (Lipinski definition) is 1. The number of anilines is 1. The topological polar surface area (TPSA) is 53.1 Å². The molecule has 0 spiro atoms. The first-order valence-electron chi connectivity index (χ1n) is 8.77. The Kier molecular flexibility index (Phi) is 4.06. The molecule has 0 saturated carbocycles. The van der Waals surface area contributed by atoms with E-state index in [1.807, 2.05) is 37.3 Å². The van der Waals surface area contributed by atoms with Crippen LogP contribution >= 0.6 is 0 Å². The van der Waals surface area contributed by atoms with E-state index in [2.05, 4.69) is 52.0 Å². The van der Waals surface area contributed by atoms with E-state index < -0.39 is 0 Å². The Morgan fingerprint density at radius 2 is 1.92 bits per heavy atom. The highest BCUT2D eigenvalue weighted by Crippen LogP contribution is 2.26. The molecule has 4 heteroatoms. The summed E-state index contributed by atoms with van der Waals surface area (Å²) in [6.07, 6.45) is 0.939. The number of imidazole rings is 1. The molecule has 2 aromatic carbocycles. The summed E-state index contributed by atoms with van der Waals surface area (Å²) < 4.78 is 2.05. The van der Waals surface area contributed by atoms with Crippen LogP contribution in [-0.2, 0) is 6.42 Å². The van der Waals surface area contributed by atoms with Crippen LogP contribution in [0.25, 0.3) is 16.7 Å². The van der Waals surface area contributed by atoms with E-state index in [4.69, 9.17) is 0 Å². The number of benzene rings is 2. The third-order valence-corrected chi connectivity index (χ3v) is 4.69. The molecule has 0 fully saturated rings. The van der Waals surface area contributed by atoms with E-state index in [0.29, 0.717) is 11.2 Å². The standard InChI is InChI=1S/C22H20N4/c1-15-6-5-7-17(12-15)10-11-24-21-13-16(2)18(14-23)22-25-19-8-3-4-9-20(19)26(21)22/h3-9,12-13,24H,10-11H2,1-2H3. The quantitative estimate of drug-likeness (QED) is 0.589. The van der Waals surface area contributed by atoms with Crippen LogP contribution in [0.5, 0.6) is 0 Å². The van der Waals surface area contributed by atoms with Gasteiger partial charge in [0.1, 0.15) is 11.9 Å². The molecular formula is C22H20N4. The van der Waals surface area contributed by atoms with Gasteiger partial charge in [-0.3, -0.25) is 4.40 Å². The van der Waals surface area contributed by atoms with E-state index in [-0.39, 0.29) is 0 Å². The largest absolute Gasteiger partial charge is 0.371 e. The van der Waals surface area contributed by atoms with Crippen LogP contribution in [-0.4, -0.2) is 15.9 Å². The number of hydrogen-bond acceptors (Lipinski definition) is 3. The first-order chi connectivity index (χ1) is 12.7. The van der Waals surface area contributed by atoms with Crippen LogP contribution < -0.4 is 5.32 Å². The lowest BCUT2D eigenvalue weighted by molar-refractivity contribution is 0.995. The minimum absolute atomic E-state index is 0.630. The molecule has 0 atom stereocenters. The van der Waals surface area contributed by atoms with Crippen molar-refractivity contribution in [2.75, 3.05) is 11.9 Å². The predicted octanol–water partition coefficient (Wildman–Crippen LogP) is 4.63. The maximum Gasteiger partial charge on any atom is 0.157 e. The number of fused-ring (bicyclic) bond motifs is 3. The third kappa shape index (κ3) is 2.78. The number of nitrogens with zero attached hydrogens (tertiary/aromatic N) is 3. The first-order valence-corrected chi connectivity index (χ1v) is 8.77. The Morgan fingerprint density at radius 1 is 1.08 bits per heavy atom. The van der Waals surface area contributed by atoms with Crippen LogP contribution in [0.4, 0.5) is 5.82 Å². The number of nitriles is 1. The normalized spacial score (nSPS) is 11.0. The maximum absolute atomic E-state index is 9.56. The first kappa shape index (κ1) is 16.2. The number of pyridine rings is 1. The van der Waals surface area contributed by atoms with Gasteiger partial charge in [0.15, 0.2) is 5.65 Å². The molecule has 0 unspecified atom stereocenters. The zero-order valence-electron chi connectivity index (χ0n) is 15.0. The second-order valence-electron chi connectivity index (χ2n) is 6.62. The van der Waals surface area contributed by atoms with Gasteiger partial charge in [0.2, 0.25) is 0 Å². The minimum atomic E-state index is 0.630. The van der Waals surface area contributed by atoms with E-state index in [1.165, 1.54) is 11.1 Å². The fourth-order valence-electron chi connectivity index (χ4n) is 3.43. The van der Waals surface area contributed by atoms with Crippen LogP contribution in [0.15, 0.2) is 54.6 Å². The molecule has 4 aromatic rings. The maximum atomic E-state index is 9.56. The van der Waals surface area contributed by atoms with Gasteiger partial charge in [-0.15, -0.1) is 0 Å². The van der Waals surface area contributed by atoms with Gasteiger partial charge in [-0.05, 0) is 49.6 Å². The van der Waals surface area contributed by atoms with Crippen molar-refractivity contribution < 1.29 is 0 Å². The molecule has 26 heavy (non-hydrogen) atoms. The highest BCUT2D eigenvalue weighted by molar-refractivity contribution is 5.85. The smallest absolute Gasteiger partial charge is 0.157 e. The highest BCUT2D eigenvalue weighted by Gasteiger charge is 2.14. The van der Waals surface area contributed by atoms with Crippen molar-refractivity contribution in [1.82, 2.24) is 9.38 Å². The SMILES string of the molecule is Cc1cccc(CCNc2cc(C)c(C#N)c3nc4ccccc4n23)c1. The molecule has 2 heterocycles. The van der Waals surface area contributed by atoms with Crippen molar-refractivity contribution >= 4 is 22.5 Å². The molecule has 4 nitrogen and oxygen atoms in total. The monoisotopic (exact) mass is 340 g/mol. The zero-order valence-corrected chi connectivity index (χ0v) is 15.0. The molecule has 0 amide bonds. The fourth-order valence-corrected chi connectivity index (χ4v) is 3.43. The van der Waals surface area contributed by atoms with Crippen molar-refractivity contribution in [3.63, 3.8) is 0 Å². The molecule has 128 valence electrons. The molecule has 0 aliphatic heterocycles. The van der Waals surface area contributed by atoms with Gasteiger partial charge in [-0.1, -0.05) is 42.0 Å². The molecule has 0 aliphatic rings. The van der Waals surface area contributed by atoms with Gasteiger partial charge < -0.3 is 5.32 Å². The van der Waals surface area contributed by atoms with Gasteiger partial charge in [-0.25, -0.2) is 4.98 Å². The second-order valence-corrected chi connectivity index (χ2v) is 6.62. The van der Waals surface area contributed by atoms with Crippen molar-refractivity contribution in [3.05, 3.63) is 76.9 Å². The lowest BCUT2D eigenvalue weighted by Crippen LogP contribution is -2.09. The van der Waals surface area contributed by atoms with Gasteiger partial charge in [0, 0.05) is 6.54 Å². The second kappa shape index (κ2) is 6.53. The molecule has 1 N–H and O–H groups in total. The zero-order chi connectivity index (χ0) is 18.1. The van der Waals surface area contributed by atoms with Crippen LogP contribution in [0.3, 0.4) is 0 Å². The van der Waals surface area contributed by atoms with Crippen molar-refractivity contribution in [1.29, 1.82) is 5.26 Å². The molecule has 0 aliphatic carbocycles. The highest BCUT2D eigenvalue weighted by atomic mass is 15.1. The number of nitrogens with one attached hydrogen (secondary N) is 1. The van der Waals surface area contributed by atoms with Crippen LogP contribution in [0.2, 0.25) is 0 Å².